The van der Waals surface area contributed by atoms with E-state index < -0.39 is 18.9 Å². The molecule has 0 N–H and O–H groups in total. The Bertz CT molecular complexity index is 2040. The van der Waals surface area contributed by atoms with Crippen molar-refractivity contribution in [2.24, 2.45) is 0 Å². The van der Waals surface area contributed by atoms with Crippen LogP contribution in [0.2, 0.25) is 0 Å². The summed E-state index contributed by atoms with van der Waals surface area (Å²) in [4.78, 5) is 0. The molecule has 5 aromatic rings. The predicted octanol–water partition coefficient (Wildman–Crippen LogP) is 11.0. The van der Waals surface area contributed by atoms with Crippen LogP contribution in [0, 0.1) is 16.0 Å². The third-order valence-electron chi connectivity index (χ3n) is 9.02. The minimum absolute atomic E-state index is 0.272. The molecule has 1 aliphatic rings. The molecule has 0 spiro atoms. The van der Waals surface area contributed by atoms with Gasteiger partial charge in [-0.05, 0) is 6.92 Å². The zero-order valence-electron chi connectivity index (χ0n) is 27.1. The van der Waals surface area contributed by atoms with Crippen molar-refractivity contribution in [2.75, 3.05) is 0 Å². The number of fused-ring (bicyclic) bond motifs is 1. The van der Waals surface area contributed by atoms with Crippen LogP contribution < -0.4 is 15.9 Å². The van der Waals surface area contributed by atoms with Gasteiger partial charge in [-0.15, -0.1) is 0 Å². The Hall–Kier alpha value is -4.23. The van der Waals surface area contributed by atoms with Crippen LogP contribution in [0.15, 0.2) is 162 Å². The second kappa shape index (κ2) is 15.3. The van der Waals surface area contributed by atoms with Crippen LogP contribution >= 0.6 is 7.26 Å². The van der Waals surface area contributed by atoms with Crippen molar-refractivity contribution in [3.8, 4) is 4.37 Å². The molecule has 0 bridgehead atoms. The number of halogens is 2. The second-order valence-electron chi connectivity index (χ2n) is 11.8. The molecule has 0 atom stereocenters. The molecule has 0 unspecified atom stereocenters. The maximum absolute atomic E-state index is 16.2. The van der Waals surface area contributed by atoms with Gasteiger partial charge in [0, 0.05) is 0 Å². The second-order valence-corrected chi connectivity index (χ2v) is 15.7. The normalized spacial score (nSPS) is 15.9. The monoisotopic (exact) mass is 826 g/mol. The first-order valence-electron chi connectivity index (χ1n) is 16.3. The molecule has 1 fully saturated rings. The molecule has 48 heavy (non-hydrogen) atoms. The zero-order valence-corrected chi connectivity index (χ0v) is 30.5. The van der Waals surface area contributed by atoms with Gasteiger partial charge in [-0.1, -0.05) is 6.08 Å². The quantitative estimate of drug-likeness (QED) is 0.108. The molecule has 0 aliphatic heterocycles. The molecular weight excluding hydrogens is 788 g/mol. The van der Waals surface area contributed by atoms with Crippen LogP contribution in [-0.2, 0) is 17.9 Å². The fraction of sp³-hybridized carbons (Fsp3) is 0.114. The SMILES string of the molecule is CC=C1CCCC1=CC(/C=C/c1ccc2c(F)c(/C=C/C)ccc2c1F)=C([C]#[Os])[P+](c1ccccc1)(c1ccccc1)c1ccccc1. The first-order chi connectivity index (χ1) is 23.5. The van der Waals surface area contributed by atoms with Crippen LogP contribution in [0.1, 0.15) is 44.2 Å². The Balaban J connectivity index is 1.67. The van der Waals surface area contributed by atoms with Gasteiger partial charge in [-0.2, -0.15) is 0 Å². The van der Waals surface area contributed by atoms with E-state index in [0.717, 1.165) is 30.1 Å². The van der Waals surface area contributed by atoms with Gasteiger partial charge in [0.05, 0.1) is 0 Å². The molecular formula is C44H37F2OsP+. The number of hydrogen-bond acceptors (Lipinski definition) is 0. The summed E-state index contributed by atoms with van der Waals surface area (Å²) in [7, 11) is -2.49. The molecule has 5 aromatic carbocycles. The summed E-state index contributed by atoms with van der Waals surface area (Å²) in [5, 5.41) is 5.32. The van der Waals surface area contributed by atoms with Gasteiger partial charge in [0.2, 0.25) is 0 Å². The summed E-state index contributed by atoms with van der Waals surface area (Å²) in [6, 6.07) is 38.9. The average molecular weight is 825 g/mol. The summed E-state index contributed by atoms with van der Waals surface area (Å²) in [5.74, 6) is -0.841. The molecule has 0 radical (unpaired) electrons. The molecule has 4 heteroatoms. The topological polar surface area (TPSA) is 0 Å². The average Bonchev–Trinajstić information content (AvgIpc) is 3.59. The van der Waals surface area contributed by atoms with E-state index in [-0.39, 0.29) is 10.8 Å². The Kier molecular flexibility index (Phi) is 10.7. The number of rotatable bonds is 8. The number of hydrogen-bond donors (Lipinski definition) is 0. The molecule has 0 aromatic heterocycles. The molecule has 0 nitrogen and oxygen atoms in total. The fourth-order valence-electron chi connectivity index (χ4n) is 6.74. The summed E-state index contributed by atoms with van der Waals surface area (Å²) < 4.78 is 35.2. The Labute approximate surface area is 293 Å². The molecule has 0 amide bonds. The molecule has 6 rings (SSSR count). The predicted molar refractivity (Wildman–Crippen MR) is 199 cm³/mol. The van der Waals surface area contributed by atoms with Gasteiger partial charge >= 0.3 is 282 Å². The molecule has 1 saturated carbocycles. The van der Waals surface area contributed by atoms with Crippen LogP contribution in [0.3, 0.4) is 0 Å². The molecule has 1 aliphatic carbocycles. The van der Waals surface area contributed by atoms with Crippen LogP contribution in [0.5, 0.6) is 0 Å². The van der Waals surface area contributed by atoms with Gasteiger partial charge in [0.15, 0.2) is 0 Å². The first kappa shape index (κ1) is 33.7. The summed E-state index contributed by atoms with van der Waals surface area (Å²) in [6.45, 7) is 3.95. The zero-order chi connectivity index (χ0) is 33.5. The van der Waals surface area contributed by atoms with E-state index in [1.807, 2.05) is 19.1 Å². The van der Waals surface area contributed by atoms with E-state index in [0.29, 0.717) is 11.1 Å². The Morgan fingerprint density at radius 1 is 0.646 bits per heavy atom. The third-order valence-corrected chi connectivity index (χ3v) is 14.4. The van der Waals surface area contributed by atoms with Gasteiger partial charge in [-0.25, -0.2) is 0 Å². The third kappa shape index (κ3) is 6.45. The standard InChI is InChI=1S/C44H37F2P.Os/c1-4-16-34-27-29-42-41(43(34)45)30-28-35(44(42)46)25-26-36(31-37-18-15-17-33(37)5-2)32(3)47(38-19-9-6-10-20-38,39-21-11-7-12-22-39)40-23-13-8-14-24-40;/h4-14,16,19-31H,15,17-18H2,1-2H3;/q+1;/b16-4+,26-25+,33-5?,36-32?,37-31?;. The molecule has 0 saturated heterocycles. The van der Waals surface area contributed by atoms with E-state index in [1.54, 1.807) is 54.4 Å². The summed E-state index contributed by atoms with van der Waals surface area (Å²) >= 11 is 1.74. The summed E-state index contributed by atoms with van der Waals surface area (Å²) in [5.41, 5.74) is 4.52. The first-order valence-corrected chi connectivity index (χ1v) is 19.3. The van der Waals surface area contributed by atoms with Crippen LogP contribution in [0.25, 0.3) is 22.9 Å². The molecule has 0 heterocycles. The van der Waals surface area contributed by atoms with E-state index in [9.17, 15) is 0 Å². The number of allylic oxidation sites excluding steroid dienone is 8. The Morgan fingerprint density at radius 3 is 1.58 bits per heavy atom. The van der Waals surface area contributed by atoms with Crippen molar-refractivity contribution in [3.05, 3.63) is 184 Å². The maximum atomic E-state index is 16.2. The minimum atomic E-state index is -2.49. The van der Waals surface area contributed by atoms with E-state index in [4.69, 9.17) is 0 Å². The number of benzene rings is 5. The Morgan fingerprint density at radius 2 is 1.12 bits per heavy atom. The van der Waals surface area contributed by atoms with Crippen molar-refractivity contribution in [1.82, 2.24) is 0 Å². The van der Waals surface area contributed by atoms with E-state index in [1.165, 1.54) is 27.1 Å². The van der Waals surface area contributed by atoms with Crippen molar-refractivity contribution >= 4 is 46.1 Å². The van der Waals surface area contributed by atoms with Gasteiger partial charge in [0.1, 0.15) is 0 Å². The summed E-state index contributed by atoms with van der Waals surface area (Å²) in [6.07, 6.45) is 15.0. The van der Waals surface area contributed by atoms with Gasteiger partial charge in [-0.3, -0.25) is 0 Å². The fourth-order valence-corrected chi connectivity index (χ4v) is 12.6. The van der Waals surface area contributed by atoms with Crippen LogP contribution in [0.4, 0.5) is 8.78 Å². The van der Waals surface area contributed by atoms with E-state index >= 15 is 8.78 Å². The molecule has 239 valence electrons. The van der Waals surface area contributed by atoms with Crippen molar-refractivity contribution in [1.29, 1.82) is 0 Å². The van der Waals surface area contributed by atoms with Gasteiger partial charge < -0.3 is 0 Å². The van der Waals surface area contributed by atoms with E-state index in [2.05, 4.69) is 114 Å². The van der Waals surface area contributed by atoms with Crippen LogP contribution in [-0.4, -0.2) is 0 Å². The van der Waals surface area contributed by atoms with Gasteiger partial charge in [0.25, 0.3) is 0 Å². The van der Waals surface area contributed by atoms with Crippen molar-refractivity contribution < 1.29 is 26.7 Å². The van der Waals surface area contributed by atoms with Crippen molar-refractivity contribution in [2.45, 2.75) is 33.1 Å². The van der Waals surface area contributed by atoms with Crippen molar-refractivity contribution in [3.63, 3.8) is 0 Å².